The van der Waals surface area contributed by atoms with Crippen molar-refractivity contribution in [2.24, 2.45) is 0 Å². The lowest BCUT2D eigenvalue weighted by Crippen LogP contribution is -2.26. The van der Waals surface area contributed by atoms with Gasteiger partial charge in [0.25, 0.3) is 5.91 Å². The van der Waals surface area contributed by atoms with Crippen LogP contribution in [0.1, 0.15) is 21.7 Å². The second-order valence-corrected chi connectivity index (χ2v) is 5.08. The number of amides is 1. The maximum atomic E-state index is 13.1. The molecular weight excluding hydrogens is 275 g/mol. The van der Waals surface area contributed by atoms with Crippen LogP contribution in [0.5, 0.6) is 0 Å². The molecule has 1 heterocycles. The summed E-state index contributed by atoms with van der Waals surface area (Å²) < 4.78 is 13.1. The maximum absolute atomic E-state index is 13.1. The van der Waals surface area contributed by atoms with Crippen LogP contribution in [0.25, 0.3) is 0 Å². The van der Waals surface area contributed by atoms with Crippen LogP contribution in [0, 0.1) is 12.7 Å². The second kappa shape index (κ2) is 6.05. The van der Waals surface area contributed by atoms with Crippen LogP contribution >= 0.6 is 12.6 Å². The molecule has 0 saturated carbocycles. The number of benzene rings is 1. The van der Waals surface area contributed by atoms with E-state index in [1.54, 1.807) is 11.9 Å². The van der Waals surface area contributed by atoms with Gasteiger partial charge in [-0.05, 0) is 37.3 Å². The summed E-state index contributed by atoms with van der Waals surface area (Å²) >= 11 is 3.99. The monoisotopic (exact) mass is 290 g/mol. The Hall–Kier alpha value is -1.88. The van der Waals surface area contributed by atoms with Crippen LogP contribution in [-0.2, 0) is 6.54 Å². The minimum atomic E-state index is -0.437. The molecule has 1 aromatic heterocycles. The molecule has 0 bridgehead atoms. The third-order valence-electron chi connectivity index (χ3n) is 2.88. The highest BCUT2D eigenvalue weighted by molar-refractivity contribution is 7.80. The number of aromatic nitrogens is 1. The van der Waals surface area contributed by atoms with Crippen molar-refractivity contribution >= 4 is 18.5 Å². The molecule has 0 saturated heterocycles. The largest absolute Gasteiger partial charge is 0.336 e. The van der Waals surface area contributed by atoms with Crippen molar-refractivity contribution < 1.29 is 9.18 Å². The zero-order valence-electron chi connectivity index (χ0n) is 11.3. The third-order valence-corrected chi connectivity index (χ3v) is 3.23. The maximum Gasteiger partial charge on any atom is 0.253 e. The molecule has 0 aliphatic carbocycles. The SMILES string of the molecule is Cc1cccc(CN(C)C(=O)c2ccc(F)c(S)c2)n1. The summed E-state index contributed by atoms with van der Waals surface area (Å²) in [5, 5.41) is 0. The zero-order chi connectivity index (χ0) is 14.7. The van der Waals surface area contributed by atoms with Gasteiger partial charge in [-0.15, -0.1) is 12.6 Å². The smallest absolute Gasteiger partial charge is 0.253 e. The molecule has 1 amide bonds. The molecule has 0 spiro atoms. The van der Waals surface area contributed by atoms with E-state index in [1.165, 1.54) is 18.2 Å². The van der Waals surface area contributed by atoms with E-state index in [2.05, 4.69) is 17.6 Å². The molecule has 104 valence electrons. The normalized spacial score (nSPS) is 10.4. The van der Waals surface area contributed by atoms with Crippen LogP contribution < -0.4 is 0 Å². The van der Waals surface area contributed by atoms with Crippen molar-refractivity contribution in [3.05, 3.63) is 59.2 Å². The first-order chi connectivity index (χ1) is 9.47. The predicted molar refractivity (Wildman–Crippen MR) is 78.4 cm³/mol. The Balaban J connectivity index is 2.14. The molecule has 0 aliphatic rings. The van der Waals surface area contributed by atoms with Crippen LogP contribution in [0.15, 0.2) is 41.3 Å². The number of aryl methyl sites for hydroxylation is 1. The first kappa shape index (κ1) is 14.5. The summed E-state index contributed by atoms with van der Waals surface area (Å²) in [6.45, 7) is 2.30. The van der Waals surface area contributed by atoms with Gasteiger partial charge in [-0.2, -0.15) is 0 Å². The highest BCUT2D eigenvalue weighted by Crippen LogP contribution is 2.16. The quantitative estimate of drug-likeness (QED) is 0.881. The van der Waals surface area contributed by atoms with E-state index in [4.69, 9.17) is 0 Å². The summed E-state index contributed by atoms with van der Waals surface area (Å²) in [4.78, 5) is 18.3. The number of carbonyl (C=O) groups excluding carboxylic acids is 1. The zero-order valence-corrected chi connectivity index (χ0v) is 12.2. The lowest BCUT2D eigenvalue weighted by atomic mass is 10.2. The fourth-order valence-corrected chi connectivity index (χ4v) is 2.08. The first-order valence-electron chi connectivity index (χ1n) is 6.14. The van der Waals surface area contributed by atoms with Crippen LogP contribution in [0.2, 0.25) is 0 Å². The highest BCUT2D eigenvalue weighted by Gasteiger charge is 2.14. The molecule has 0 fully saturated rings. The number of halogens is 1. The van der Waals surface area contributed by atoms with Crippen molar-refractivity contribution in [3.8, 4) is 0 Å². The summed E-state index contributed by atoms with van der Waals surface area (Å²) in [7, 11) is 1.69. The molecule has 0 atom stereocenters. The summed E-state index contributed by atoms with van der Waals surface area (Å²) in [5.41, 5.74) is 2.13. The lowest BCUT2D eigenvalue weighted by Gasteiger charge is -2.17. The Labute approximate surface area is 122 Å². The molecule has 0 unspecified atom stereocenters. The van der Waals surface area contributed by atoms with Gasteiger partial charge < -0.3 is 4.90 Å². The van der Waals surface area contributed by atoms with Gasteiger partial charge in [-0.1, -0.05) is 6.07 Å². The van der Waals surface area contributed by atoms with Crippen molar-refractivity contribution in [2.75, 3.05) is 7.05 Å². The molecule has 3 nitrogen and oxygen atoms in total. The molecule has 5 heteroatoms. The van der Waals surface area contributed by atoms with Crippen LogP contribution in [-0.4, -0.2) is 22.8 Å². The highest BCUT2D eigenvalue weighted by atomic mass is 32.1. The van der Waals surface area contributed by atoms with E-state index in [0.29, 0.717) is 12.1 Å². The molecule has 2 aromatic rings. The summed E-state index contributed by atoms with van der Waals surface area (Å²) in [5.74, 6) is -0.628. The molecule has 2 rings (SSSR count). The molecular formula is C15H15FN2OS. The van der Waals surface area contributed by atoms with Gasteiger partial charge in [0.05, 0.1) is 12.2 Å². The van der Waals surface area contributed by atoms with E-state index < -0.39 is 5.82 Å². The van der Waals surface area contributed by atoms with E-state index in [1.807, 2.05) is 25.1 Å². The van der Waals surface area contributed by atoms with Gasteiger partial charge >= 0.3 is 0 Å². The van der Waals surface area contributed by atoms with Crippen molar-refractivity contribution in [1.29, 1.82) is 0 Å². The number of thiol groups is 1. The van der Waals surface area contributed by atoms with Gasteiger partial charge in [-0.25, -0.2) is 4.39 Å². The first-order valence-corrected chi connectivity index (χ1v) is 6.58. The number of hydrogen-bond donors (Lipinski definition) is 1. The molecule has 0 N–H and O–H groups in total. The van der Waals surface area contributed by atoms with Gasteiger partial charge in [-0.3, -0.25) is 9.78 Å². The Morgan fingerprint density at radius 2 is 2.10 bits per heavy atom. The lowest BCUT2D eigenvalue weighted by molar-refractivity contribution is 0.0783. The number of carbonyl (C=O) groups is 1. The number of nitrogens with zero attached hydrogens (tertiary/aromatic N) is 2. The van der Waals surface area contributed by atoms with Gasteiger partial charge in [0.15, 0.2) is 0 Å². The van der Waals surface area contributed by atoms with Crippen LogP contribution in [0.4, 0.5) is 4.39 Å². The molecule has 0 aliphatic heterocycles. The standard InChI is InChI=1S/C15H15FN2OS/c1-10-4-3-5-12(17-10)9-18(2)15(19)11-6-7-13(16)14(20)8-11/h3-8,20H,9H2,1-2H3. The second-order valence-electron chi connectivity index (χ2n) is 4.60. The average Bonchev–Trinajstić information content (AvgIpc) is 2.41. The van der Waals surface area contributed by atoms with Crippen molar-refractivity contribution in [1.82, 2.24) is 9.88 Å². The number of hydrogen-bond acceptors (Lipinski definition) is 3. The Bertz CT molecular complexity index is 646. The van der Waals surface area contributed by atoms with E-state index in [9.17, 15) is 9.18 Å². The molecule has 20 heavy (non-hydrogen) atoms. The fraction of sp³-hybridized carbons (Fsp3) is 0.200. The minimum Gasteiger partial charge on any atom is -0.336 e. The van der Waals surface area contributed by atoms with Crippen molar-refractivity contribution in [3.63, 3.8) is 0 Å². The summed E-state index contributed by atoms with van der Waals surface area (Å²) in [6, 6.07) is 9.80. The minimum absolute atomic E-state index is 0.165. The number of rotatable bonds is 3. The van der Waals surface area contributed by atoms with E-state index in [-0.39, 0.29) is 10.8 Å². The van der Waals surface area contributed by atoms with E-state index >= 15 is 0 Å². The fourth-order valence-electron chi connectivity index (χ4n) is 1.87. The Kier molecular flexibility index (Phi) is 4.39. The average molecular weight is 290 g/mol. The van der Waals surface area contributed by atoms with Gasteiger partial charge in [0.1, 0.15) is 5.82 Å². The molecule has 1 aromatic carbocycles. The molecule has 0 radical (unpaired) electrons. The van der Waals surface area contributed by atoms with Crippen molar-refractivity contribution in [2.45, 2.75) is 18.4 Å². The van der Waals surface area contributed by atoms with E-state index in [0.717, 1.165) is 11.4 Å². The summed E-state index contributed by atoms with van der Waals surface area (Å²) in [6.07, 6.45) is 0. The third kappa shape index (κ3) is 3.36. The topological polar surface area (TPSA) is 33.2 Å². The van der Waals surface area contributed by atoms with Gasteiger partial charge in [0.2, 0.25) is 0 Å². The van der Waals surface area contributed by atoms with Gasteiger partial charge in [0, 0.05) is 23.2 Å². The van der Waals surface area contributed by atoms with Crippen LogP contribution in [0.3, 0.4) is 0 Å². The predicted octanol–water partition coefficient (Wildman–Crippen LogP) is 3.09. The Morgan fingerprint density at radius 3 is 2.75 bits per heavy atom. The number of pyridine rings is 1. The Morgan fingerprint density at radius 1 is 1.35 bits per heavy atom.